The monoisotopic (exact) mass is 498 g/mol. The molecule has 1 aromatic carbocycles. The summed E-state index contributed by atoms with van der Waals surface area (Å²) in [4.78, 5) is 9.70. The largest absolute Gasteiger partial charge is 0.416 e. The minimum Gasteiger partial charge on any atom is -0.356 e. The molecular formula is C17H22F3IN4S. The molecule has 144 valence electrons. The third-order valence-electron chi connectivity index (χ3n) is 3.58. The van der Waals surface area contributed by atoms with Crippen molar-refractivity contribution < 1.29 is 13.2 Å². The van der Waals surface area contributed by atoms with Crippen LogP contribution in [0.1, 0.15) is 26.7 Å². The third kappa shape index (κ3) is 6.75. The Morgan fingerprint density at radius 1 is 1.23 bits per heavy atom. The number of guanidine groups is 1. The molecule has 0 saturated carbocycles. The second-order valence-electron chi connectivity index (χ2n) is 5.54. The van der Waals surface area contributed by atoms with Crippen molar-refractivity contribution >= 4 is 41.3 Å². The van der Waals surface area contributed by atoms with Crippen LogP contribution >= 0.6 is 35.3 Å². The van der Waals surface area contributed by atoms with Gasteiger partial charge in [0, 0.05) is 31.4 Å². The van der Waals surface area contributed by atoms with Gasteiger partial charge in [-0.25, -0.2) is 4.98 Å². The van der Waals surface area contributed by atoms with Crippen LogP contribution in [0.3, 0.4) is 0 Å². The van der Waals surface area contributed by atoms with Gasteiger partial charge in [0.25, 0.3) is 0 Å². The Kier molecular flexibility index (Phi) is 8.81. The van der Waals surface area contributed by atoms with E-state index in [4.69, 9.17) is 0 Å². The number of halogens is 4. The number of aliphatic imine (C=N–C) groups is 1. The van der Waals surface area contributed by atoms with Crippen LogP contribution in [0.5, 0.6) is 0 Å². The van der Waals surface area contributed by atoms with Gasteiger partial charge < -0.3 is 10.6 Å². The Hall–Kier alpha value is -1.36. The fourth-order valence-electron chi connectivity index (χ4n) is 2.36. The molecule has 0 saturated heterocycles. The summed E-state index contributed by atoms with van der Waals surface area (Å²) in [6, 6.07) is 5.27. The standard InChI is InChI=1S/C17H21F3N4S.HI/c1-11-15(25-12(2)24-11)7-8-22-16(21-3)23-10-13-5-4-6-14(9-13)17(18,19)20;/h4-6,9H,7-8,10H2,1-3H3,(H2,21,22,23);1H. The molecule has 26 heavy (non-hydrogen) atoms. The van der Waals surface area contributed by atoms with Gasteiger partial charge in [0.05, 0.1) is 16.3 Å². The van der Waals surface area contributed by atoms with Crippen molar-refractivity contribution in [3.63, 3.8) is 0 Å². The van der Waals surface area contributed by atoms with E-state index in [0.29, 0.717) is 18.1 Å². The topological polar surface area (TPSA) is 49.3 Å². The Bertz CT molecular complexity index is 744. The van der Waals surface area contributed by atoms with Gasteiger partial charge in [0.2, 0.25) is 0 Å². The van der Waals surface area contributed by atoms with Gasteiger partial charge in [-0.05, 0) is 31.5 Å². The lowest BCUT2D eigenvalue weighted by molar-refractivity contribution is -0.137. The number of alkyl halides is 3. The second-order valence-corrected chi connectivity index (χ2v) is 6.83. The van der Waals surface area contributed by atoms with Crippen molar-refractivity contribution in [3.8, 4) is 0 Å². The van der Waals surface area contributed by atoms with E-state index < -0.39 is 11.7 Å². The molecule has 0 radical (unpaired) electrons. The average Bonchev–Trinajstić information content (AvgIpc) is 2.87. The average molecular weight is 498 g/mol. The van der Waals surface area contributed by atoms with Crippen LogP contribution in [0.4, 0.5) is 13.2 Å². The first-order valence-corrected chi connectivity index (χ1v) is 8.65. The predicted molar refractivity (Wildman–Crippen MR) is 110 cm³/mol. The van der Waals surface area contributed by atoms with Gasteiger partial charge in [0.15, 0.2) is 5.96 Å². The molecule has 0 aliphatic heterocycles. The zero-order valence-electron chi connectivity index (χ0n) is 14.8. The Labute approximate surface area is 172 Å². The Morgan fingerprint density at radius 3 is 2.54 bits per heavy atom. The number of benzene rings is 1. The molecule has 2 aromatic rings. The van der Waals surface area contributed by atoms with Crippen molar-refractivity contribution in [2.24, 2.45) is 4.99 Å². The van der Waals surface area contributed by atoms with Crippen LogP contribution in [0.15, 0.2) is 29.3 Å². The number of thiazole rings is 1. The van der Waals surface area contributed by atoms with Gasteiger partial charge in [-0.1, -0.05) is 12.1 Å². The van der Waals surface area contributed by atoms with Gasteiger partial charge in [-0.2, -0.15) is 13.2 Å². The summed E-state index contributed by atoms with van der Waals surface area (Å²) in [5.74, 6) is 0.552. The van der Waals surface area contributed by atoms with E-state index >= 15 is 0 Å². The first kappa shape index (κ1) is 22.7. The fraction of sp³-hybridized carbons (Fsp3) is 0.412. The molecule has 4 nitrogen and oxygen atoms in total. The number of aryl methyl sites for hydroxylation is 2. The molecular weight excluding hydrogens is 476 g/mol. The molecule has 0 spiro atoms. The van der Waals surface area contributed by atoms with Crippen molar-refractivity contribution in [3.05, 3.63) is 51.0 Å². The number of nitrogens with one attached hydrogen (secondary N) is 2. The van der Waals surface area contributed by atoms with E-state index in [1.165, 1.54) is 10.9 Å². The van der Waals surface area contributed by atoms with Crippen LogP contribution in [-0.2, 0) is 19.1 Å². The molecule has 0 aliphatic rings. The fourth-order valence-corrected chi connectivity index (χ4v) is 3.30. The van der Waals surface area contributed by atoms with Gasteiger partial charge >= 0.3 is 6.18 Å². The quantitative estimate of drug-likeness (QED) is 0.367. The van der Waals surface area contributed by atoms with E-state index in [2.05, 4.69) is 20.6 Å². The number of hydrogen-bond donors (Lipinski definition) is 2. The highest BCUT2D eigenvalue weighted by molar-refractivity contribution is 14.0. The van der Waals surface area contributed by atoms with Crippen LogP contribution in [-0.4, -0.2) is 24.5 Å². The van der Waals surface area contributed by atoms with Gasteiger partial charge in [0.1, 0.15) is 0 Å². The maximum Gasteiger partial charge on any atom is 0.416 e. The summed E-state index contributed by atoms with van der Waals surface area (Å²) in [6.07, 6.45) is -3.51. The van der Waals surface area contributed by atoms with E-state index in [1.54, 1.807) is 24.5 Å². The van der Waals surface area contributed by atoms with E-state index in [1.807, 2.05) is 13.8 Å². The highest BCUT2D eigenvalue weighted by atomic mass is 127. The smallest absolute Gasteiger partial charge is 0.356 e. The van der Waals surface area contributed by atoms with E-state index in [9.17, 15) is 13.2 Å². The maximum absolute atomic E-state index is 12.7. The molecule has 0 atom stereocenters. The summed E-state index contributed by atoms with van der Waals surface area (Å²) < 4.78 is 38.2. The molecule has 1 heterocycles. The minimum atomic E-state index is -4.33. The number of aromatic nitrogens is 1. The number of nitrogens with zero attached hydrogens (tertiary/aromatic N) is 2. The van der Waals surface area contributed by atoms with Crippen molar-refractivity contribution in [2.75, 3.05) is 13.6 Å². The van der Waals surface area contributed by atoms with Crippen molar-refractivity contribution in [1.29, 1.82) is 0 Å². The third-order valence-corrected chi connectivity index (χ3v) is 4.71. The lowest BCUT2D eigenvalue weighted by Gasteiger charge is -2.13. The molecule has 2 N–H and O–H groups in total. The van der Waals surface area contributed by atoms with Gasteiger partial charge in [-0.3, -0.25) is 4.99 Å². The van der Waals surface area contributed by atoms with Crippen LogP contribution in [0.2, 0.25) is 0 Å². The summed E-state index contributed by atoms with van der Waals surface area (Å²) in [5.41, 5.74) is 0.939. The van der Waals surface area contributed by atoms with Crippen LogP contribution in [0, 0.1) is 13.8 Å². The molecule has 0 unspecified atom stereocenters. The first-order chi connectivity index (χ1) is 11.8. The maximum atomic E-state index is 12.7. The Morgan fingerprint density at radius 2 is 1.96 bits per heavy atom. The normalized spacial score (nSPS) is 11.8. The summed E-state index contributed by atoms with van der Waals surface area (Å²) in [6.45, 7) is 4.90. The molecule has 0 amide bonds. The van der Waals surface area contributed by atoms with E-state index in [-0.39, 0.29) is 30.5 Å². The van der Waals surface area contributed by atoms with Crippen molar-refractivity contribution in [1.82, 2.24) is 15.6 Å². The lowest BCUT2D eigenvalue weighted by atomic mass is 10.1. The first-order valence-electron chi connectivity index (χ1n) is 7.83. The zero-order valence-corrected chi connectivity index (χ0v) is 17.9. The lowest BCUT2D eigenvalue weighted by Crippen LogP contribution is -2.37. The zero-order chi connectivity index (χ0) is 18.4. The minimum absolute atomic E-state index is 0. The Balaban J connectivity index is 0.00000338. The van der Waals surface area contributed by atoms with Crippen LogP contribution in [0.25, 0.3) is 0 Å². The summed E-state index contributed by atoms with van der Waals surface area (Å²) in [5, 5.41) is 7.24. The highest BCUT2D eigenvalue weighted by Crippen LogP contribution is 2.29. The summed E-state index contributed by atoms with van der Waals surface area (Å²) >= 11 is 1.67. The molecule has 1 aromatic heterocycles. The summed E-state index contributed by atoms with van der Waals surface area (Å²) in [7, 11) is 1.63. The van der Waals surface area contributed by atoms with Gasteiger partial charge in [-0.15, -0.1) is 35.3 Å². The van der Waals surface area contributed by atoms with Crippen LogP contribution < -0.4 is 10.6 Å². The molecule has 2 rings (SSSR count). The van der Waals surface area contributed by atoms with E-state index in [0.717, 1.165) is 29.3 Å². The SMILES string of the molecule is CN=C(NCCc1sc(C)nc1C)NCc1cccc(C(F)(F)F)c1.I. The number of hydrogen-bond acceptors (Lipinski definition) is 3. The predicted octanol–water partition coefficient (Wildman–Crippen LogP) is 4.30. The molecule has 9 heteroatoms. The van der Waals surface area contributed by atoms with Crippen molar-refractivity contribution in [2.45, 2.75) is 33.0 Å². The molecule has 0 fully saturated rings. The number of rotatable bonds is 5. The molecule has 0 bridgehead atoms. The highest BCUT2D eigenvalue weighted by Gasteiger charge is 2.30. The second kappa shape index (κ2) is 10.1. The molecule has 0 aliphatic carbocycles.